The molecule has 1 saturated carbocycles. The first-order chi connectivity index (χ1) is 8.50. The number of nitrogens with one attached hydrogen (secondary N) is 1. The molecule has 0 atom stereocenters. The molecule has 1 aliphatic carbocycles. The number of anilines is 1. The Morgan fingerprint density at radius 3 is 2.78 bits per heavy atom. The van der Waals surface area contributed by atoms with Crippen molar-refractivity contribution in [2.75, 3.05) is 5.73 Å². The van der Waals surface area contributed by atoms with Crippen molar-refractivity contribution in [1.29, 1.82) is 0 Å². The number of fused-ring (bicyclic) bond motifs is 1. The van der Waals surface area contributed by atoms with Gasteiger partial charge >= 0.3 is 0 Å². The van der Waals surface area contributed by atoms with Gasteiger partial charge in [-0.1, -0.05) is 18.2 Å². The molecule has 0 bridgehead atoms. The summed E-state index contributed by atoms with van der Waals surface area (Å²) in [5.74, 6) is -0.0342. The Balaban J connectivity index is 2.04. The number of hydrogen-bond donors (Lipinski definition) is 2. The lowest BCUT2D eigenvalue weighted by molar-refractivity contribution is 0.0940. The van der Waals surface area contributed by atoms with Crippen LogP contribution >= 0.6 is 11.3 Å². The van der Waals surface area contributed by atoms with Crippen LogP contribution in [0.2, 0.25) is 0 Å². The zero-order chi connectivity index (χ0) is 12.9. The van der Waals surface area contributed by atoms with E-state index in [-0.39, 0.29) is 11.4 Å². The van der Waals surface area contributed by atoms with E-state index < -0.39 is 0 Å². The van der Waals surface area contributed by atoms with Crippen molar-refractivity contribution in [2.24, 2.45) is 0 Å². The smallest absolute Gasteiger partial charge is 0.263 e. The largest absolute Gasteiger partial charge is 0.397 e. The summed E-state index contributed by atoms with van der Waals surface area (Å²) < 4.78 is 1.11. The van der Waals surface area contributed by atoms with Crippen LogP contribution in [0.25, 0.3) is 10.1 Å². The van der Waals surface area contributed by atoms with Crippen LogP contribution in [-0.2, 0) is 0 Å². The number of hydrogen-bond acceptors (Lipinski definition) is 3. The summed E-state index contributed by atoms with van der Waals surface area (Å²) in [5, 5.41) is 4.05. The molecule has 3 N–H and O–H groups in total. The van der Waals surface area contributed by atoms with Crippen LogP contribution < -0.4 is 11.1 Å². The van der Waals surface area contributed by atoms with Gasteiger partial charge in [0.1, 0.15) is 4.88 Å². The number of aryl methyl sites for hydroxylation is 1. The van der Waals surface area contributed by atoms with Crippen LogP contribution in [0.15, 0.2) is 18.2 Å². The van der Waals surface area contributed by atoms with Crippen LogP contribution in [0, 0.1) is 6.92 Å². The van der Waals surface area contributed by atoms with E-state index in [0.29, 0.717) is 10.6 Å². The number of rotatable bonds is 2. The SMILES string of the molecule is Cc1cccc2c(N)c(C(=O)NC3(C)CC3)sc12. The topological polar surface area (TPSA) is 55.1 Å². The van der Waals surface area contributed by atoms with E-state index in [1.54, 1.807) is 0 Å². The van der Waals surface area contributed by atoms with Gasteiger partial charge in [0.05, 0.1) is 5.69 Å². The van der Waals surface area contributed by atoms with Gasteiger partial charge in [-0.05, 0) is 32.3 Å². The van der Waals surface area contributed by atoms with Crippen LogP contribution in [0.5, 0.6) is 0 Å². The van der Waals surface area contributed by atoms with Crippen LogP contribution in [-0.4, -0.2) is 11.4 Å². The molecule has 3 nitrogen and oxygen atoms in total. The van der Waals surface area contributed by atoms with Crippen molar-refractivity contribution in [2.45, 2.75) is 32.2 Å². The molecule has 1 aliphatic rings. The molecule has 0 spiro atoms. The predicted molar refractivity (Wildman–Crippen MR) is 76.1 cm³/mol. The van der Waals surface area contributed by atoms with Gasteiger partial charge in [0.15, 0.2) is 0 Å². The number of carbonyl (C=O) groups is 1. The summed E-state index contributed by atoms with van der Waals surface area (Å²) in [5.41, 5.74) is 7.87. The minimum atomic E-state index is -0.0342. The molecule has 94 valence electrons. The van der Waals surface area contributed by atoms with E-state index in [1.807, 2.05) is 25.1 Å². The molecule has 0 unspecified atom stereocenters. The lowest BCUT2D eigenvalue weighted by atomic mass is 10.1. The van der Waals surface area contributed by atoms with Crippen LogP contribution in [0.1, 0.15) is 35.0 Å². The second kappa shape index (κ2) is 3.72. The average Bonchev–Trinajstić information content (AvgIpc) is 2.93. The normalized spacial score (nSPS) is 16.8. The Morgan fingerprint density at radius 2 is 2.17 bits per heavy atom. The molecular formula is C14H16N2OS. The monoisotopic (exact) mass is 260 g/mol. The van der Waals surface area contributed by atoms with E-state index >= 15 is 0 Å². The van der Waals surface area contributed by atoms with Crippen molar-refractivity contribution in [3.8, 4) is 0 Å². The van der Waals surface area contributed by atoms with Crippen molar-refractivity contribution in [1.82, 2.24) is 5.32 Å². The highest BCUT2D eigenvalue weighted by Gasteiger charge is 2.39. The lowest BCUT2D eigenvalue weighted by Gasteiger charge is -2.10. The minimum Gasteiger partial charge on any atom is -0.397 e. The molecule has 0 radical (unpaired) electrons. The highest BCUT2D eigenvalue weighted by molar-refractivity contribution is 7.21. The summed E-state index contributed by atoms with van der Waals surface area (Å²) in [7, 11) is 0. The maximum atomic E-state index is 12.2. The van der Waals surface area contributed by atoms with Gasteiger partial charge in [-0.3, -0.25) is 4.79 Å². The number of thiophene rings is 1. The summed E-state index contributed by atoms with van der Waals surface area (Å²) in [6.45, 7) is 4.11. The molecule has 1 aromatic carbocycles. The summed E-state index contributed by atoms with van der Waals surface area (Å²) in [6.07, 6.45) is 2.12. The van der Waals surface area contributed by atoms with E-state index in [4.69, 9.17) is 5.73 Å². The third-order valence-corrected chi connectivity index (χ3v) is 4.93. The van der Waals surface area contributed by atoms with Crippen LogP contribution in [0.3, 0.4) is 0 Å². The molecule has 2 aromatic rings. The summed E-state index contributed by atoms with van der Waals surface area (Å²) >= 11 is 1.49. The Labute approximate surface area is 110 Å². The van der Waals surface area contributed by atoms with E-state index in [1.165, 1.54) is 16.9 Å². The zero-order valence-electron chi connectivity index (χ0n) is 10.5. The lowest BCUT2D eigenvalue weighted by Crippen LogP contribution is -2.34. The number of carbonyl (C=O) groups excluding carboxylic acids is 1. The van der Waals surface area contributed by atoms with E-state index in [9.17, 15) is 4.79 Å². The Bertz CT molecular complexity index is 641. The van der Waals surface area contributed by atoms with Gasteiger partial charge in [0, 0.05) is 15.6 Å². The molecule has 1 amide bonds. The van der Waals surface area contributed by atoms with Gasteiger partial charge in [0.2, 0.25) is 0 Å². The Hall–Kier alpha value is -1.55. The summed E-state index contributed by atoms with van der Waals surface area (Å²) in [4.78, 5) is 12.9. The highest BCUT2D eigenvalue weighted by Crippen LogP contribution is 2.38. The van der Waals surface area contributed by atoms with Gasteiger partial charge in [-0.2, -0.15) is 0 Å². The highest BCUT2D eigenvalue weighted by atomic mass is 32.1. The fourth-order valence-corrected chi connectivity index (χ4v) is 3.18. The van der Waals surface area contributed by atoms with Crippen molar-refractivity contribution in [3.63, 3.8) is 0 Å². The van der Waals surface area contributed by atoms with Gasteiger partial charge in [-0.25, -0.2) is 0 Å². The van der Waals surface area contributed by atoms with E-state index in [0.717, 1.165) is 22.9 Å². The molecule has 0 aliphatic heterocycles. The molecule has 1 heterocycles. The average molecular weight is 260 g/mol. The van der Waals surface area contributed by atoms with Gasteiger partial charge < -0.3 is 11.1 Å². The minimum absolute atomic E-state index is 0.00522. The predicted octanol–water partition coefficient (Wildman–Crippen LogP) is 3.07. The van der Waals surface area contributed by atoms with Gasteiger partial charge in [-0.15, -0.1) is 11.3 Å². The third-order valence-electron chi connectivity index (χ3n) is 3.57. The maximum Gasteiger partial charge on any atom is 0.263 e. The number of nitrogens with two attached hydrogens (primary N) is 1. The Morgan fingerprint density at radius 1 is 1.44 bits per heavy atom. The molecule has 18 heavy (non-hydrogen) atoms. The first-order valence-corrected chi connectivity index (χ1v) is 6.92. The first kappa shape index (κ1) is 11.5. The van der Waals surface area contributed by atoms with Crippen molar-refractivity contribution >= 4 is 33.0 Å². The molecule has 4 heteroatoms. The molecule has 1 fully saturated rings. The molecule has 3 rings (SSSR count). The van der Waals surface area contributed by atoms with Crippen molar-refractivity contribution in [3.05, 3.63) is 28.6 Å². The maximum absolute atomic E-state index is 12.2. The standard InChI is InChI=1S/C14H16N2OS/c1-8-4-3-5-9-10(15)12(18-11(8)9)13(17)16-14(2)6-7-14/h3-5H,6-7,15H2,1-2H3,(H,16,17). The quantitative estimate of drug-likeness (QED) is 0.872. The molecule has 1 aromatic heterocycles. The number of nitrogen functional groups attached to an aromatic ring is 1. The third kappa shape index (κ3) is 1.77. The number of amides is 1. The van der Waals surface area contributed by atoms with Crippen molar-refractivity contribution < 1.29 is 4.79 Å². The first-order valence-electron chi connectivity index (χ1n) is 6.10. The van der Waals surface area contributed by atoms with Crippen LogP contribution in [0.4, 0.5) is 5.69 Å². The fourth-order valence-electron chi connectivity index (χ4n) is 2.09. The summed E-state index contributed by atoms with van der Waals surface area (Å²) in [6, 6.07) is 6.00. The zero-order valence-corrected chi connectivity index (χ0v) is 11.4. The molecule has 0 saturated heterocycles. The fraction of sp³-hybridized carbons (Fsp3) is 0.357. The van der Waals surface area contributed by atoms with E-state index in [2.05, 4.69) is 12.2 Å². The second-order valence-corrected chi connectivity index (χ2v) is 6.33. The number of benzene rings is 1. The second-order valence-electron chi connectivity index (χ2n) is 5.31. The van der Waals surface area contributed by atoms with Gasteiger partial charge in [0.25, 0.3) is 5.91 Å². The Kier molecular flexibility index (Phi) is 2.38. The molecular weight excluding hydrogens is 244 g/mol.